The minimum atomic E-state index is -8.88. The Morgan fingerprint density at radius 3 is 1.36 bits per heavy atom. The molecule has 0 fully saturated rings. The average molecular weight is 872 g/mol. The first-order valence-corrected chi connectivity index (χ1v) is 14.2. The van der Waals surface area contributed by atoms with Crippen molar-refractivity contribution in [2.24, 2.45) is 0 Å². The van der Waals surface area contributed by atoms with E-state index in [1.54, 1.807) is 0 Å². The molecule has 1 aromatic carbocycles. The molecular formula is C26H21F25O4. The highest BCUT2D eigenvalue weighted by atomic mass is 19.4. The largest absolute Gasteiger partial charge is 0.490 e. The molecule has 324 valence electrons. The Balaban J connectivity index is 3.32. The van der Waals surface area contributed by atoms with Crippen LogP contribution in [0.1, 0.15) is 39.0 Å². The van der Waals surface area contributed by atoms with E-state index in [2.05, 4.69) is 4.74 Å². The molecule has 0 aliphatic heterocycles. The van der Waals surface area contributed by atoms with E-state index in [1.165, 1.54) is 11.7 Å². The lowest BCUT2D eigenvalue weighted by Crippen LogP contribution is -2.69. The molecule has 0 bridgehead atoms. The van der Waals surface area contributed by atoms with Crippen molar-refractivity contribution in [3.8, 4) is 11.5 Å². The quantitative estimate of drug-likeness (QED) is 0.0859. The molecule has 0 N–H and O–H groups in total. The summed E-state index contributed by atoms with van der Waals surface area (Å²) in [5.41, 5.74) is 0. The zero-order valence-corrected chi connectivity index (χ0v) is 26.3. The van der Waals surface area contributed by atoms with Crippen LogP contribution in [0.3, 0.4) is 0 Å². The molecule has 55 heavy (non-hydrogen) atoms. The summed E-state index contributed by atoms with van der Waals surface area (Å²) >= 11 is 0. The highest BCUT2D eigenvalue weighted by molar-refractivity contribution is 5.41. The van der Waals surface area contributed by atoms with Crippen LogP contribution in [0.5, 0.6) is 11.5 Å². The van der Waals surface area contributed by atoms with E-state index in [-0.39, 0.29) is 32.1 Å². The van der Waals surface area contributed by atoms with Crippen LogP contribution in [0.25, 0.3) is 0 Å². The molecule has 1 aromatic rings. The van der Waals surface area contributed by atoms with Gasteiger partial charge in [0.2, 0.25) is 0 Å². The normalized spacial score (nSPS) is 15.7. The van der Waals surface area contributed by atoms with Crippen LogP contribution in [0, 0.1) is 5.82 Å². The number of hydrogen-bond donors (Lipinski definition) is 0. The summed E-state index contributed by atoms with van der Waals surface area (Å²) in [7, 11) is 0. The Morgan fingerprint density at radius 1 is 0.527 bits per heavy atom. The minimum Gasteiger partial charge on any atom is -0.490 e. The van der Waals surface area contributed by atoms with Gasteiger partial charge in [-0.25, -0.2) is 18.3 Å². The molecule has 0 amide bonds. The monoisotopic (exact) mass is 872 g/mol. The van der Waals surface area contributed by atoms with Gasteiger partial charge in [-0.1, -0.05) is 19.4 Å². The van der Waals surface area contributed by atoms with Crippen molar-refractivity contribution in [1.29, 1.82) is 0 Å². The highest BCUT2D eigenvalue weighted by Gasteiger charge is 2.90. The third-order valence-corrected chi connectivity index (χ3v) is 6.77. The molecule has 1 rings (SSSR count). The van der Waals surface area contributed by atoms with Crippen LogP contribution < -0.4 is 9.47 Å². The second-order valence-corrected chi connectivity index (χ2v) is 10.9. The number of alkyl halides is 24. The van der Waals surface area contributed by atoms with E-state index in [0.29, 0.717) is 12.1 Å². The van der Waals surface area contributed by atoms with Crippen LogP contribution >= 0.6 is 0 Å². The lowest BCUT2D eigenvalue weighted by atomic mass is 10.1. The van der Waals surface area contributed by atoms with Crippen molar-refractivity contribution in [2.75, 3.05) is 13.2 Å². The van der Waals surface area contributed by atoms with Gasteiger partial charge >= 0.3 is 66.1 Å². The SMILES string of the molecule is CCC(F)CCCCCOc1cccc(F)c1OCC(F)(F)C(F)(F)C(F)(F)OC(F)(F)C(F)(F)C(F)(F)C(F)(F)OC(F)(F)C(F)(F)C(F)(F)C(F)(F)F. The molecule has 0 aromatic heterocycles. The van der Waals surface area contributed by atoms with Gasteiger partial charge in [-0.15, -0.1) is 0 Å². The molecule has 0 aliphatic carbocycles. The van der Waals surface area contributed by atoms with Gasteiger partial charge in [-0.3, -0.25) is 0 Å². The number of ether oxygens (including phenoxy) is 4. The standard InChI is InChI=1S/C26H21F25O4/c1-2-12(27)7-4-3-5-10-52-14-9-6-8-13(28)15(14)53-11-16(29,30)17(31,32)23(44,45)54-25(48,49)20(37,38)21(39,40)26(50,51)55-24(46,47)19(35,36)18(33,34)22(41,42)43/h6,8-9,12H,2-5,7,10-11H2,1H3. The van der Waals surface area contributed by atoms with Gasteiger partial charge in [0, 0.05) is 0 Å². The first-order chi connectivity index (χ1) is 24.2. The van der Waals surface area contributed by atoms with Crippen molar-refractivity contribution >= 4 is 0 Å². The topological polar surface area (TPSA) is 36.9 Å². The Hall–Kier alpha value is -3.01. The first kappa shape index (κ1) is 50.0. The average Bonchev–Trinajstić information content (AvgIpc) is 2.99. The van der Waals surface area contributed by atoms with Crippen molar-refractivity contribution in [3.63, 3.8) is 0 Å². The zero-order chi connectivity index (χ0) is 43.7. The molecule has 4 nitrogen and oxygen atoms in total. The summed E-state index contributed by atoms with van der Waals surface area (Å²) in [5.74, 6) is -53.4. The van der Waals surface area contributed by atoms with Crippen molar-refractivity contribution in [2.45, 2.75) is 111 Å². The van der Waals surface area contributed by atoms with Crippen LogP contribution in [0.15, 0.2) is 18.2 Å². The molecule has 0 radical (unpaired) electrons. The number of unbranched alkanes of at least 4 members (excludes halogenated alkanes) is 2. The van der Waals surface area contributed by atoms with Gasteiger partial charge in [-0.2, -0.15) is 101 Å². The summed E-state index contributed by atoms with van der Waals surface area (Å²) in [4.78, 5) is 0. The molecule has 0 aliphatic rings. The van der Waals surface area contributed by atoms with Gasteiger partial charge in [0.25, 0.3) is 0 Å². The molecule has 29 heteroatoms. The molecule has 0 heterocycles. The Morgan fingerprint density at radius 2 is 0.945 bits per heavy atom. The predicted molar refractivity (Wildman–Crippen MR) is 129 cm³/mol. The molecule has 0 spiro atoms. The molecule has 0 saturated heterocycles. The van der Waals surface area contributed by atoms with Crippen LogP contribution in [0.4, 0.5) is 110 Å². The van der Waals surface area contributed by atoms with Crippen LogP contribution in [0.2, 0.25) is 0 Å². The summed E-state index contributed by atoms with van der Waals surface area (Å²) in [6, 6.07) is 1.78. The van der Waals surface area contributed by atoms with Gasteiger partial charge < -0.3 is 9.47 Å². The smallest absolute Gasteiger partial charge is 0.460 e. The molecule has 0 saturated carbocycles. The number of benzene rings is 1. The Kier molecular flexibility index (Phi) is 14.6. The van der Waals surface area contributed by atoms with E-state index in [1.807, 2.05) is 0 Å². The van der Waals surface area contributed by atoms with Crippen molar-refractivity contribution < 1.29 is 129 Å². The number of rotatable bonds is 22. The number of hydrogen-bond acceptors (Lipinski definition) is 4. The van der Waals surface area contributed by atoms with E-state index in [9.17, 15) is 110 Å². The number of halogens is 25. The first-order valence-electron chi connectivity index (χ1n) is 14.2. The van der Waals surface area contributed by atoms with Crippen LogP contribution in [-0.4, -0.2) is 85.5 Å². The number of para-hydroxylation sites is 1. The van der Waals surface area contributed by atoms with Gasteiger partial charge in [0.15, 0.2) is 23.9 Å². The fraction of sp³-hybridized carbons (Fsp3) is 0.769. The predicted octanol–water partition coefficient (Wildman–Crippen LogP) is 11.7. The Labute approximate surface area is 289 Å². The molecule has 1 atom stereocenters. The molecular weight excluding hydrogens is 851 g/mol. The van der Waals surface area contributed by atoms with E-state index < -0.39 is 103 Å². The van der Waals surface area contributed by atoms with Gasteiger partial charge in [-0.05, 0) is 37.8 Å². The maximum atomic E-state index is 14.3. The fourth-order valence-corrected chi connectivity index (χ4v) is 3.54. The van der Waals surface area contributed by atoms with E-state index >= 15 is 0 Å². The van der Waals surface area contributed by atoms with Gasteiger partial charge in [0.1, 0.15) is 0 Å². The third-order valence-electron chi connectivity index (χ3n) is 6.77. The summed E-state index contributed by atoms with van der Waals surface area (Å²) in [5, 5.41) is 0. The second kappa shape index (κ2) is 16.1. The van der Waals surface area contributed by atoms with E-state index in [0.717, 1.165) is 10.8 Å². The summed E-state index contributed by atoms with van der Waals surface area (Å²) < 4.78 is 348. The maximum absolute atomic E-state index is 14.3. The fourth-order valence-electron chi connectivity index (χ4n) is 3.54. The maximum Gasteiger partial charge on any atom is 0.460 e. The Bertz CT molecular complexity index is 1410. The summed E-state index contributed by atoms with van der Waals surface area (Å²) in [6.45, 7) is -2.23. The van der Waals surface area contributed by atoms with Gasteiger partial charge in [0.05, 0.1) is 12.8 Å². The van der Waals surface area contributed by atoms with Crippen LogP contribution in [-0.2, 0) is 9.47 Å². The summed E-state index contributed by atoms with van der Waals surface area (Å²) in [6.07, 6.45) is -41.8. The van der Waals surface area contributed by atoms with E-state index in [4.69, 9.17) is 4.74 Å². The van der Waals surface area contributed by atoms with Crippen molar-refractivity contribution in [3.05, 3.63) is 24.0 Å². The lowest BCUT2D eigenvalue weighted by molar-refractivity contribution is -0.543. The third kappa shape index (κ3) is 9.76. The molecule has 1 unspecified atom stereocenters. The zero-order valence-electron chi connectivity index (χ0n) is 26.3. The minimum absolute atomic E-state index is 0.0308. The van der Waals surface area contributed by atoms with Crippen molar-refractivity contribution in [1.82, 2.24) is 0 Å². The highest BCUT2D eigenvalue weighted by Crippen LogP contribution is 2.60. The second-order valence-electron chi connectivity index (χ2n) is 10.9. The lowest BCUT2D eigenvalue weighted by Gasteiger charge is -2.40.